The number of fused-ring (bicyclic) bond motifs is 1. The molecule has 0 aromatic heterocycles. The van der Waals surface area contributed by atoms with E-state index in [0.29, 0.717) is 19.6 Å². The van der Waals surface area contributed by atoms with Gasteiger partial charge in [-0.25, -0.2) is 4.79 Å². The van der Waals surface area contributed by atoms with Crippen molar-refractivity contribution in [3.63, 3.8) is 0 Å². The van der Waals surface area contributed by atoms with Crippen LogP contribution >= 0.6 is 23.4 Å². The molecule has 5 nitrogen and oxygen atoms in total. The molecule has 2 aromatic carbocycles. The average molecular weight is 435 g/mol. The maximum Gasteiger partial charge on any atom is 0.410 e. The number of piperazine rings is 1. The fourth-order valence-corrected chi connectivity index (χ4v) is 4.22. The SMILES string of the molecule is CC(C)(C)OC(=O)N1CCN(CCCSc2ccc3cc(Cl)ccc3c2)C(=O)C1. The zero-order chi connectivity index (χ0) is 21.0. The molecule has 0 aliphatic carbocycles. The topological polar surface area (TPSA) is 49.9 Å². The molecule has 0 radical (unpaired) electrons. The average Bonchev–Trinajstić information content (AvgIpc) is 2.64. The van der Waals surface area contributed by atoms with Crippen LogP contribution in [0.4, 0.5) is 4.79 Å². The molecule has 1 aliphatic rings. The van der Waals surface area contributed by atoms with Crippen LogP contribution in [0.2, 0.25) is 5.02 Å². The van der Waals surface area contributed by atoms with Gasteiger partial charge in [-0.05, 0) is 68.0 Å². The van der Waals surface area contributed by atoms with Gasteiger partial charge in [0.05, 0.1) is 0 Å². The van der Waals surface area contributed by atoms with E-state index in [1.54, 1.807) is 11.8 Å². The second-order valence-electron chi connectivity index (χ2n) is 8.14. The molecule has 2 amide bonds. The Morgan fingerprint density at radius 1 is 1.14 bits per heavy atom. The Hall–Kier alpha value is -1.92. The lowest BCUT2D eigenvalue weighted by Crippen LogP contribution is -2.53. The van der Waals surface area contributed by atoms with Gasteiger partial charge in [0.1, 0.15) is 12.1 Å². The summed E-state index contributed by atoms with van der Waals surface area (Å²) in [6.45, 7) is 7.34. The van der Waals surface area contributed by atoms with E-state index < -0.39 is 11.7 Å². The maximum absolute atomic E-state index is 12.4. The molecule has 0 N–H and O–H groups in total. The van der Waals surface area contributed by atoms with Crippen LogP contribution in [0, 0.1) is 0 Å². The van der Waals surface area contributed by atoms with Crippen molar-refractivity contribution in [3.8, 4) is 0 Å². The Labute approximate surface area is 181 Å². The van der Waals surface area contributed by atoms with E-state index in [9.17, 15) is 9.59 Å². The van der Waals surface area contributed by atoms with Gasteiger partial charge in [0.2, 0.25) is 5.91 Å². The second kappa shape index (κ2) is 9.26. The first-order valence-corrected chi connectivity index (χ1v) is 11.2. The van der Waals surface area contributed by atoms with Crippen molar-refractivity contribution < 1.29 is 14.3 Å². The molecule has 0 atom stereocenters. The van der Waals surface area contributed by atoms with Gasteiger partial charge in [0.25, 0.3) is 0 Å². The highest BCUT2D eigenvalue weighted by atomic mass is 35.5. The first kappa shape index (κ1) is 21.8. The zero-order valence-corrected chi connectivity index (χ0v) is 18.7. The molecular weight excluding hydrogens is 408 g/mol. The van der Waals surface area contributed by atoms with E-state index in [-0.39, 0.29) is 12.5 Å². The molecule has 0 spiro atoms. The Morgan fingerprint density at radius 2 is 1.86 bits per heavy atom. The number of rotatable bonds is 5. The third-order valence-electron chi connectivity index (χ3n) is 4.59. The Morgan fingerprint density at radius 3 is 2.59 bits per heavy atom. The van der Waals surface area contributed by atoms with E-state index in [4.69, 9.17) is 16.3 Å². The van der Waals surface area contributed by atoms with Crippen LogP contribution in [0.5, 0.6) is 0 Å². The summed E-state index contributed by atoms with van der Waals surface area (Å²) in [4.78, 5) is 29.0. The Balaban J connectivity index is 1.43. The van der Waals surface area contributed by atoms with E-state index in [0.717, 1.165) is 22.6 Å². The number of benzene rings is 2. The minimum atomic E-state index is -0.552. The Bertz CT molecular complexity index is 897. The van der Waals surface area contributed by atoms with Crippen molar-refractivity contribution in [2.75, 3.05) is 31.9 Å². The van der Waals surface area contributed by atoms with Crippen LogP contribution < -0.4 is 0 Å². The van der Waals surface area contributed by atoms with E-state index in [1.807, 2.05) is 43.9 Å². The Kier molecular flexibility index (Phi) is 6.96. The van der Waals surface area contributed by atoms with Gasteiger partial charge in [-0.3, -0.25) is 9.69 Å². The van der Waals surface area contributed by atoms with Gasteiger partial charge >= 0.3 is 6.09 Å². The molecule has 3 rings (SSSR count). The number of amides is 2. The summed E-state index contributed by atoms with van der Waals surface area (Å²) in [6, 6.07) is 12.3. The number of hydrogen-bond donors (Lipinski definition) is 0. The fraction of sp³-hybridized carbons (Fsp3) is 0.455. The number of carbonyl (C=O) groups is 2. The monoisotopic (exact) mass is 434 g/mol. The minimum absolute atomic E-state index is 0.0188. The molecule has 156 valence electrons. The summed E-state index contributed by atoms with van der Waals surface area (Å²) >= 11 is 7.82. The second-order valence-corrected chi connectivity index (χ2v) is 9.74. The minimum Gasteiger partial charge on any atom is -0.444 e. The van der Waals surface area contributed by atoms with Gasteiger partial charge in [-0.15, -0.1) is 11.8 Å². The molecule has 1 fully saturated rings. The number of hydrogen-bond acceptors (Lipinski definition) is 4. The summed E-state index contributed by atoms with van der Waals surface area (Å²) in [5, 5.41) is 3.05. The van der Waals surface area contributed by atoms with Gasteiger partial charge in [-0.1, -0.05) is 23.7 Å². The standard InChI is InChI=1S/C22H27ClN2O3S/c1-22(2,3)28-21(27)25-11-10-24(20(26)15-25)9-4-12-29-19-8-6-16-13-18(23)7-5-17(16)14-19/h5-8,13-14H,4,9-12,15H2,1-3H3. The first-order valence-electron chi connectivity index (χ1n) is 9.79. The molecule has 1 saturated heterocycles. The van der Waals surface area contributed by atoms with Gasteiger partial charge in [-0.2, -0.15) is 0 Å². The first-order chi connectivity index (χ1) is 13.7. The van der Waals surface area contributed by atoms with Crippen molar-refractivity contribution in [2.45, 2.75) is 37.7 Å². The lowest BCUT2D eigenvalue weighted by atomic mass is 10.1. The van der Waals surface area contributed by atoms with Crippen LogP contribution in [0.1, 0.15) is 27.2 Å². The highest BCUT2D eigenvalue weighted by Gasteiger charge is 2.29. The molecule has 0 unspecified atom stereocenters. The predicted molar refractivity (Wildman–Crippen MR) is 119 cm³/mol. The number of halogens is 1. The summed E-state index contributed by atoms with van der Waals surface area (Å²) < 4.78 is 5.35. The van der Waals surface area contributed by atoms with Crippen molar-refractivity contribution in [3.05, 3.63) is 41.4 Å². The van der Waals surface area contributed by atoms with Crippen molar-refractivity contribution in [1.29, 1.82) is 0 Å². The van der Waals surface area contributed by atoms with Crippen molar-refractivity contribution in [1.82, 2.24) is 9.80 Å². The quantitative estimate of drug-likeness (QED) is 0.487. The van der Waals surface area contributed by atoms with Crippen molar-refractivity contribution in [2.24, 2.45) is 0 Å². The number of carbonyl (C=O) groups excluding carboxylic acids is 2. The number of nitrogens with zero attached hydrogens (tertiary/aromatic N) is 2. The van der Waals surface area contributed by atoms with Crippen LogP contribution in [0.15, 0.2) is 41.3 Å². The smallest absolute Gasteiger partial charge is 0.410 e. The molecule has 1 heterocycles. The van der Waals surface area contributed by atoms with Gasteiger partial charge < -0.3 is 9.64 Å². The van der Waals surface area contributed by atoms with Crippen LogP contribution in [-0.4, -0.2) is 59.3 Å². The zero-order valence-electron chi connectivity index (χ0n) is 17.1. The van der Waals surface area contributed by atoms with E-state index in [1.165, 1.54) is 15.2 Å². The molecular formula is C22H27ClN2O3S. The maximum atomic E-state index is 12.4. The van der Waals surface area contributed by atoms with Crippen LogP contribution in [-0.2, 0) is 9.53 Å². The fourth-order valence-electron chi connectivity index (χ4n) is 3.16. The summed E-state index contributed by atoms with van der Waals surface area (Å²) in [5.41, 5.74) is -0.552. The lowest BCUT2D eigenvalue weighted by Gasteiger charge is -2.35. The third kappa shape index (κ3) is 6.28. The molecule has 0 saturated carbocycles. The lowest BCUT2D eigenvalue weighted by molar-refractivity contribution is -0.135. The predicted octanol–water partition coefficient (Wildman–Crippen LogP) is 5.05. The highest BCUT2D eigenvalue weighted by Crippen LogP contribution is 2.26. The van der Waals surface area contributed by atoms with Crippen molar-refractivity contribution >= 4 is 46.1 Å². The molecule has 29 heavy (non-hydrogen) atoms. The van der Waals surface area contributed by atoms with E-state index >= 15 is 0 Å². The highest BCUT2D eigenvalue weighted by molar-refractivity contribution is 7.99. The largest absolute Gasteiger partial charge is 0.444 e. The number of thioether (sulfide) groups is 1. The summed E-state index contributed by atoms with van der Waals surface area (Å²) in [6.07, 6.45) is 0.486. The van der Waals surface area contributed by atoms with Gasteiger partial charge in [0.15, 0.2) is 0 Å². The number of ether oxygens (including phenoxy) is 1. The molecule has 2 aromatic rings. The molecule has 1 aliphatic heterocycles. The molecule has 0 bridgehead atoms. The van der Waals surface area contributed by atoms with Crippen LogP contribution in [0.3, 0.4) is 0 Å². The summed E-state index contributed by atoms with van der Waals surface area (Å²) in [5.74, 6) is 0.910. The third-order valence-corrected chi connectivity index (χ3v) is 5.90. The van der Waals surface area contributed by atoms with Crippen LogP contribution in [0.25, 0.3) is 10.8 Å². The normalized spacial score (nSPS) is 15.1. The van der Waals surface area contributed by atoms with Gasteiger partial charge in [0, 0.05) is 29.6 Å². The molecule has 7 heteroatoms. The summed E-state index contributed by atoms with van der Waals surface area (Å²) in [7, 11) is 0. The van der Waals surface area contributed by atoms with E-state index in [2.05, 4.69) is 18.2 Å².